The van der Waals surface area contributed by atoms with E-state index in [0.717, 1.165) is 18.8 Å². The Bertz CT molecular complexity index is 485. The fourth-order valence-electron chi connectivity index (χ4n) is 2.14. The number of nitrogens with one attached hydrogen (secondary N) is 1. The van der Waals surface area contributed by atoms with Crippen molar-refractivity contribution >= 4 is 0 Å². The van der Waals surface area contributed by atoms with Gasteiger partial charge in [0.05, 0.1) is 0 Å². The Balaban J connectivity index is 2.15. The maximum Gasteiger partial charge on any atom is 0.105 e. The van der Waals surface area contributed by atoms with Crippen LogP contribution in [0, 0.1) is 6.92 Å². The van der Waals surface area contributed by atoms with E-state index in [-0.39, 0.29) is 0 Å². The molecule has 1 N–H and O–H groups in total. The first kappa shape index (κ1) is 12.8. The molecule has 1 atom stereocenters. The average Bonchev–Trinajstić information content (AvgIpc) is 2.81. The summed E-state index contributed by atoms with van der Waals surface area (Å²) in [5.74, 6) is 1.06. The van der Waals surface area contributed by atoms with Crippen molar-refractivity contribution in [2.24, 2.45) is 0 Å². The third kappa shape index (κ3) is 2.79. The average molecular weight is 243 g/mol. The fraction of sp³-hybridized carbons (Fsp3) is 0.400. The van der Waals surface area contributed by atoms with E-state index in [2.05, 4.69) is 46.1 Å². The Hall–Kier alpha value is -1.61. The normalized spacial score (nSPS) is 12.6. The molecular weight excluding hydrogens is 222 g/mol. The van der Waals surface area contributed by atoms with Crippen LogP contribution in [-0.4, -0.2) is 16.6 Å². The first-order chi connectivity index (χ1) is 8.74. The van der Waals surface area contributed by atoms with E-state index in [4.69, 9.17) is 0 Å². The van der Waals surface area contributed by atoms with Crippen LogP contribution in [0.5, 0.6) is 0 Å². The van der Waals surface area contributed by atoms with Gasteiger partial charge in [-0.15, -0.1) is 0 Å². The Kier molecular flexibility index (Phi) is 4.15. The van der Waals surface area contributed by atoms with Crippen molar-refractivity contribution in [3.63, 3.8) is 0 Å². The van der Waals surface area contributed by atoms with Gasteiger partial charge >= 0.3 is 0 Å². The van der Waals surface area contributed by atoms with Crippen LogP contribution in [0.15, 0.2) is 36.7 Å². The van der Waals surface area contributed by atoms with Gasteiger partial charge in [0.15, 0.2) is 0 Å². The van der Waals surface area contributed by atoms with Crippen molar-refractivity contribution in [2.75, 3.05) is 7.05 Å². The van der Waals surface area contributed by atoms with Gasteiger partial charge in [0.1, 0.15) is 5.82 Å². The topological polar surface area (TPSA) is 29.9 Å². The van der Waals surface area contributed by atoms with E-state index in [1.54, 1.807) is 0 Å². The van der Waals surface area contributed by atoms with Crippen molar-refractivity contribution in [1.29, 1.82) is 0 Å². The molecule has 1 heterocycles. The Labute approximate surface area is 109 Å². The quantitative estimate of drug-likeness (QED) is 0.875. The predicted octanol–water partition coefficient (Wildman–Crippen LogP) is 2.71. The zero-order chi connectivity index (χ0) is 13.0. The zero-order valence-electron chi connectivity index (χ0n) is 11.4. The highest BCUT2D eigenvalue weighted by molar-refractivity contribution is 5.25. The van der Waals surface area contributed by atoms with Crippen molar-refractivity contribution in [2.45, 2.75) is 32.9 Å². The SMILES string of the molecule is CCc1ccc(C(Cn2ccnc2C)NC)cc1. The third-order valence-electron chi connectivity index (χ3n) is 3.44. The molecule has 0 radical (unpaired) electrons. The summed E-state index contributed by atoms with van der Waals surface area (Å²) in [5.41, 5.74) is 2.70. The summed E-state index contributed by atoms with van der Waals surface area (Å²) in [5, 5.41) is 3.37. The van der Waals surface area contributed by atoms with Gasteiger partial charge in [0.2, 0.25) is 0 Å². The summed E-state index contributed by atoms with van der Waals surface area (Å²) < 4.78 is 2.18. The Morgan fingerprint density at radius 1 is 1.28 bits per heavy atom. The van der Waals surface area contributed by atoms with E-state index >= 15 is 0 Å². The van der Waals surface area contributed by atoms with Crippen LogP contribution < -0.4 is 5.32 Å². The molecular formula is C15H21N3. The van der Waals surface area contributed by atoms with E-state index in [1.807, 2.05) is 26.4 Å². The summed E-state index contributed by atoms with van der Waals surface area (Å²) in [6.45, 7) is 5.13. The fourth-order valence-corrected chi connectivity index (χ4v) is 2.14. The number of benzene rings is 1. The molecule has 0 saturated heterocycles. The molecule has 96 valence electrons. The largest absolute Gasteiger partial charge is 0.333 e. The first-order valence-electron chi connectivity index (χ1n) is 6.48. The monoisotopic (exact) mass is 243 g/mol. The molecule has 0 saturated carbocycles. The van der Waals surface area contributed by atoms with Gasteiger partial charge < -0.3 is 9.88 Å². The van der Waals surface area contributed by atoms with Crippen molar-refractivity contribution in [3.8, 4) is 0 Å². The lowest BCUT2D eigenvalue weighted by atomic mass is 10.0. The summed E-state index contributed by atoms with van der Waals surface area (Å²) in [7, 11) is 2.00. The van der Waals surface area contributed by atoms with Crippen LogP contribution >= 0.6 is 0 Å². The number of hydrogen-bond donors (Lipinski definition) is 1. The highest BCUT2D eigenvalue weighted by Crippen LogP contribution is 2.16. The van der Waals surface area contributed by atoms with E-state index in [1.165, 1.54) is 11.1 Å². The van der Waals surface area contributed by atoms with Gasteiger partial charge in [-0.25, -0.2) is 4.98 Å². The van der Waals surface area contributed by atoms with Crippen molar-refractivity contribution in [1.82, 2.24) is 14.9 Å². The van der Waals surface area contributed by atoms with Gasteiger partial charge in [-0.05, 0) is 31.5 Å². The highest BCUT2D eigenvalue weighted by Gasteiger charge is 2.10. The van der Waals surface area contributed by atoms with Crippen LogP contribution in [0.3, 0.4) is 0 Å². The number of imidazole rings is 1. The van der Waals surface area contributed by atoms with Gasteiger partial charge in [-0.3, -0.25) is 0 Å². The second kappa shape index (κ2) is 5.83. The molecule has 1 aromatic carbocycles. The molecule has 1 aromatic heterocycles. The standard InChI is InChI=1S/C15H21N3/c1-4-13-5-7-14(8-6-13)15(16-3)11-18-10-9-17-12(18)2/h5-10,15-16H,4,11H2,1-3H3. The second-order valence-corrected chi connectivity index (χ2v) is 4.56. The van der Waals surface area contributed by atoms with E-state index < -0.39 is 0 Å². The molecule has 18 heavy (non-hydrogen) atoms. The summed E-state index contributed by atoms with van der Waals surface area (Å²) in [6, 6.07) is 9.17. The minimum Gasteiger partial charge on any atom is -0.333 e. The maximum atomic E-state index is 4.26. The van der Waals surface area contributed by atoms with Gasteiger partial charge in [-0.2, -0.15) is 0 Å². The molecule has 0 aliphatic rings. The number of nitrogens with zero attached hydrogens (tertiary/aromatic N) is 2. The lowest BCUT2D eigenvalue weighted by Crippen LogP contribution is -2.22. The summed E-state index contributed by atoms with van der Waals surface area (Å²) in [4.78, 5) is 4.26. The smallest absolute Gasteiger partial charge is 0.105 e. The van der Waals surface area contributed by atoms with Crippen LogP contribution in [0.1, 0.15) is 29.9 Å². The minimum absolute atomic E-state index is 0.323. The molecule has 0 spiro atoms. The van der Waals surface area contributed by atoms with E-state index in [0.29, 0.717) is 6.04 Å². The summed E-state index contributed by atoms with van der Waals surface area (Å²) in [6.07, 6.45) is 4.97. The molecule has 2 rings (SSSR count). The molecule has 0 aliphatic carbocycles. The molecule has 0 aliphatic heterocycles. The maximum absolute atomic E-state index is 4.26. The van der Waals surface area contributed by atoms with Crippen LogP contribution in [0.4, 0.5) is 0 Å². The molecule has 1 unspecified atom stereocenters. The highest BCUT2D eigenvalue weighted by atomic mass is 15.1. The van der Waals surface area contributed by atoms with Crippen LogP contribution in [-0.2, 0) is 13.0 Å². The van der Waals surface area contributed by atoms with Crippen molar-refractivity contribution in [3.05, 3.63) is 53.6 Å². The number of hydrogen-bond acceptors (Lipinski definition) is 2. The van der Waals surface area contributed by atoms with Crippen LogP contribution in [0.25, 0.3) is 0 Å². The van der Waals surface area contributed by atoms with Gasteiger partial charge in [0.25, 0.3) is 0 Å². The number of aromatic nitrogens is 2. The molecule has 2 aromatic rings. The van der Waals surface area contributed by atoms with Gasteiger partial charge in [0, 0.05) is 25.0 Å². The molecule has 3 heteroatoms. The van der Waals surface area contributed by atoms with Gasteiger partial charge in [-0.1, -0.05) is 31.2 Å². The number of likely N-dealkylation sites (N-methyl/N-ethyl adjacent to an activating group) is 1. The third-order valence-corrected chi connectivity index (χ3v) is 3.44. The molecule has 0 amide bonds. The lowest BCUT2D eigenvalue weighted by molar-refractivity contribution is 0.493. The Morgan fingerprint density at radius 3 is 2.50 bits per heavy atom. The second-order valence-electron chi connectivity index (χ2n) is 4.56. The number of aryl methyl sites for hydroxylation is 2. The minimum atomic E-state index is 0.323. The van der Waals surface area contributed by atoms with Crippen LogP contribution in [0.2, 0.25) is 0 Å². The molecule has 0 bridgehead atoms. The lowest BCUT2D eigenvalue weighted by Gasteiger charge is -2.18. The Morgan fingerprint density at radius 2 is 2.00 bits per heavy atom. The van der Waals surface area contributed by atoms with E-state index in [9.17, 15) is 0 Å². The molecule has 0 fully saturated rings. The number of rotatable bonds is 5. The molecule has 3 nitrogen and oxygen atoms in total. The summed E-state index contributed by atoms with van der Waals surface area (Å²) >= 11 is 0. The zero-order valence-corrected chi connectivity index (χ0v) is 11.4. The predicted molar refractivity (Wildman–Crippen MR) is 74.6 cm³/mol. The first-order valence-corrected chi connectivity index (χ1v) is 6.48. The van der Waals surface area contributed by atoms with Crippen molar-refractivity contribution < 1.29 is 0 Å².